The molecule has 8 N–H and O–H groups in total. The summed E-state index contributed by atoms with van der Waals surface area (Å²) in [5, 5.41) is 42.7. The van der Waals surface area contributed by atoms with E-state index in [1.54, 1.807) is 36.4 Å². The van der Waals surface area contributed by atoms with Gasteiger partial charge in [0.05, 0.1) is 11.1 Å². The zero-order valence-corrected chi connectivity index (χ0v) is 33.4. The molecule has 4 aromatic carbocycles. The number of nitrogens with one attached hydrogen (secondary N) is 4. The Hall–Kier alpha value is -6.04. The number of carbonyl (C=O) groups excluding carboxylic acids is 4. The number of phenols is 4. The third kappa shape index (κ3) is 12.0. The van der Waals surface area contributed by atoms with Crippen molar-refractivity contribution in [3.63, 3.8) is 0 Å². The van der Waals surface area contributed by atoms with E-state index < -0.39 is 23.6 Å². The van der Waals surface area contributed by atoms with Crippen LogP contribution in [-0.4, -0.2) is 44.1 Å². The summed E-state index contributed by atoms with van der Waals surface area (Å²) in [5.74, 6) is -2.90. The number of hydrazine groups is 2. The molecular weight excluding hydrogens is 725 g/mol. The molecule has 0 aliphatic heterocycles. The lowest BCUT2D eigenvalue weighted by Gasteiger charge is -2.14. The Balaban J connectivity index is 1.43. The highest BCUT2D eigenvalue weighted by molar-refractivity contribution is 6.02. The summed E-state index contributed by atoms with van der Waals surface area (Å²) in [6.07, 6.45) is 9.70. The fraction of sp³-hybridized carbons (Fsp3) is 0.378. The lowest BCUT2D eigenvalue weighted by molar-refractivity contribution is 0.0844. The number of amides is 4. The lowest BCUT2D eigenvalue weighted by atomic mass is 9.97. The second-order valence-electron chi connectivity index (χ2n) is 14.4. The minimum absolute atomic E-state index is 0.102. The fourth-order valence-corrected chi connectivity index (χ4v) is 6.51. The highest BCUT2D eigenvalue weighted by atomic mass is 16.3. The van der Waals surface area contributed by atoms with Crippen molar-refractivity contribution in [3.05, 3.63) is 116 Å². The molecule has 0 saturated carbocycles. The van der Waals surface area contributed by atoms with Crippen molar-refractivity contribution in [2.24, 2.45) is 0 Å². The summed E-state index contributed by atoms with van der Waals surface area (Å²) in [7, 11) is 0. The van der Waals surface area contributed by atoms with E-state index >= 15 is 0 Å². The lowest BCUT2D eigenvalue weighted by Crippen LogP contribution is -2.41. The molecular formula is C45H56N4O8. The van der Waals surface area contributed by atoms with Crippen LogP contribution in [0.3, 0.4) is 0 Å². The molecule has 0 bridgehead atoms. The van der Waals surface area contributed by atoms with E-state index in [9.17, 15) is 39.6 Å². The number of carbonyl (C=O) groups is 4. The molecule has 4 amide bonds. The average Bonchev–Trinajstić information content (AvgIpc) is 3.21. The Labute approximate surface area is 334 Å². The van der Waals surface area contributed by atoms with Crippen LogP contribution in [0.25, 0.3) is 0 Å². The number of aryl methyl sites for hydroxylation is 4. The van der Waals surface area contributed by atoms with Gasteiger partial charge in [-0.2, -0.15) is 0 Å². The number of benzene rings is 4. The molecule has 4 rings (SSSR count). The van der Waals surface area contributed by atoms with Gasteiger partial charge in [0.25, 0.3) is 23.6 Å². The van der Waals surface area contributed by atoms with Crippen molar-refractivity contribution < 1.29 is 39.6 Å². The van der Waals surface area contributed by atoms with Gasteiger partial charge in [0.2, 0.25) is 0 Å². The Kier molecular flexibility index (Phi) is 16.3. The summed E-state index contributed by atoms with van der Waals surface area (Å²) in [6.45, 7) is 8.18. The normalized spacial score (nSPS) is 10.9. The molecule has 0 saturated heterocycles. The second-order valence-corrected chi connectivity index (χ2v) is 14.4. The minimum atomic E-state index is -0.760. The van der Waals surface area contributed by atoms with Crippen LogP contribution in [0, 0.1) is 0 Å². The van der Waals surface area contributed by atoms with Gasteiger partial charge >= 0.3 is 0 Å². The van der Waals surface area contributed by atoms with Crippen LogP contribution in [0.15, 0.2) is 60.7 Å². The van der Waals surface area contributed by atoms with Crippen molar-refractivity contribution in [2.45, 2.75) is 111 Å². The molecule has 0 aliphatic carbocycles. The summed E-state index contributed by atoms with van der Waals surface area (Å²) in [6, 6.07) is 15.3. The minimum Gasteiger partial charge on any atom is -0.507 e. The van der Waals surface area contributed by atoms with Gasteiger partial charge < -0.3 is 20.4 Å². The molecule has 0 fully saturated rings. The number of hydrogen-bond donors (Lipinski definition) is 8. The van der Waals surface area contributed by atoms with Crippen molar-refractivity contribution in [2.75, 3.05) is 0 Å². The molecule has 4 aromatic rings. The maximum Gasteiger partial charge on any atom is 0.273 e. The van der Waals surface area contributed by atoms with E-state index in [2.05, 4.69) is 21.7 Å². The molecule has 304 valence electrons. The fourth-order valence-electron chi connectivity index (χ4n) is 6.51. The number of aromatic hydroxyl groups is 4. The number of hydrogen-bond acceptors (Lipinski definition) is 8. The zero-order valence-electron chi connectivity index (χ0n) is 33.4. The van der Waals surface area contributed by atoms with Gasteiger partial charge in [-0.25, -0.2) is 0 Å². The molecule has 0 unspecified atom stereocenters. The van der Waals surface area contributed by atoms with Crippen molar-refractivity contribution >= 4 is 23.6 Å². The number of phenolic OH excluding ortho intramolecular Hbond substituents is 4. The summed E-state index contributed by atoms with van der Waals surface area (Å²) >= 11 is 0. The van der Waals surface area contributed by atoms with E-state index in [0.717, 1.165) is 51.4 Å². The highest BCUT2D eigenvalue weighted by Gasteiger charge is 2.20. The third-order valence-electron chi connectivity index (χ3n) is 9.86. The van der Waals surface area contributed by atoms with E-state index in [-0.39, 0.29) is 40.5 Å². The van der Waals surface area contributed by atoms with E-state index in [4.69, 9.17) is 0 Å². The van der Waals surface area contributed by atoms with Crippen molar-refractivity contribution in [3.8, 4) is 23.0 Å². The van der Waals surface area contributed by atoms with Gasteiger partial charge in [0.1, 0.15) is 23.0 Å². The predicted molar refractivity (Wildman–Crippen MR) is 220 cm³/mol. The van der Waals surface area contributed by atoms with Crippen LogP contribution < -0.4 is 21.7 Å². The first-order valence-corrected chi connectivity index (χ1v) is 19.9. The largest absolute Gasteiger partial charge is 0.507 e. The van der Waals surface area contributed by atoms with E-state index in [1.807, 2.05) is 27.7 Å². The first-order chi connectivity index (χ1) is 27.4. The van der Waals surface area contributed by atoms with Gasteiger partial charge in [0, 0.05) is 11.1 Å². The Morgan fingerprint density at radius 2 is 0.737 bits per heavy atom. The van der Waals surface area contributed by atoms with Crippen LogP contribution in [0.4, 0.5) is 0 Å². The second kappa shape index (κ2) is 21.3. The maximum atomic E-state index is 13.2. The quantitative estimate of drug-likeness (QED) is 0.0472. The first kappa shape index (κ1) is 43.7. The third-order valence-corrected chi connectivity index (χ3v) is 9.86. The average molecular weight is 781 g/mol. The van der Waals surface area contributed by atoms with E-state index in [0.29, 0.717) is 70.2 Å². The molecule has 0 aromatic heterocycles. The Morgan fingerprint density at radius 3 is 1.04 bits per heavy atom. The Morgan fingerprint density at radius 1 is 0.439 bits per heavy atom. The molecule has 0 radical (unpaired) electrons. The van der Waals surface area contributed by atoms with Crippen LogP contribution in [0.5, 0.6) is 23.0 Å². The van der Waals surface area contributed by atoms with Crippen molar-refractivity contribution in [1.82, 2.24) is 21.7 Å². The summed E-state index contributed by atoms with van der Waals surface area (Å²) in [5.41, 5.74) is 13.8. The maximum absolute atomic E-state index is 13.2. The topological polar surface area (TPSA) is 197 Å². The molecule has 0 spiro atoms. The summed E-state index contributed by atoms with van der Waals surface area (Å²) in [4.78, 5) is 52.7. The van der Waals surface area contributed by atoms with Crippen LogP contribution in [0.1, 0.15) is 154 Å². The van der Waals surface area contributed by atoms with Gasteiger partial charge in [-0.15, -0.1) is 0 Å². The van der Waals surface area contributed by atoms with Gasteiger partial charge in [0.15, 0.2) is 0 Å². The molecule has 0 atom stereocenters. The van der Waals surface area contributed by atoms with Gasteiger partial charge in [-0.05, 0) is 140 Å². The zero-order chi connectivity index (χ0) is 41.5. The highest BCUT2D eigenvalue weighted by Crippen LogP contribution is 2.30. The number of unbranched alkanes of at least 4 members (excludes halogenated alkanes) is 4. The number of rotatable bonds is 18. The molecule has 0 heterocycles. The van der Waals surface area contributed by atoms with Gasteiger partial charge in [-0.3, -0.25) is 40.9 Å². The van der Waals surface area contributed by atoms with Crippen molar-refractivity contribution in [1.29, 1.82) is 0 Å². The first-order valence-electron chi connectivity index (χ1n) is 19.9. The standard InChI is InChI=1S/C45H56N4O8/c1-5-9-13-30-24-34(25-31(40(30)52)14-10-6-2)42(54)46-48-44(56)36-22-28(17-19-38(36)50)21-29-18-20-39(51)37(23-29)45(57)49-47-43(55)35-26-32(15-11-7-3)41(53)33(27-35)16-12-8-4/h17-20,22-27,50-53H,5-16,21H2,1-4H3,(H,46,54)(H,47,55)(H,48,56)(H,49,57). The van der Waals surface area contributed by atoms with Gasteiger partial charge in [-0.1, -0.05) is 65.5 Å². The van der Waals surface area contributed by atoms with E-state index in [1.165, 1.54) is 24.3 Å². The Bertz CT molecular complexity index is 1860. The van der Waals surface area contributed by atoms with Crippen LogP contribution in [0.2, 0.25) is 0 Å². The SMILES string of the molecule is CCCCc1cc(C(=O)NNC(=O)c2cc(Cc3ccc(O)c(C(=O)NNC(=O)c4cc(CCCC)c(O)c(CCCC)c4)c3)ccc2O)cc(CCCC)c1O. The molecule has 12 heteroatoms. The summed E-state index contributed by atoms with van der Waals surface area (Å²) < 4.78 is 0. The monoisotopic (exact) mass is 780 g/mol. The van der Waals surface area contributed by atoms with Crippen LogP contribution >= 0.6 is 0 Å². The molecule has 12 nitrogen and oxygen atoms in total. The molecule has 0 aliphatic rings. The predicted octanol–water partition coefficient (Wildman–Crippen LogP) is 7.62. The smallest absolute Gasteiger partial charge is 0.273 e. The molecule has 57 heavy (non-hydrogen) atoms. The van der Waals surface area contributed by atoms with Crippen LogP contribution in [-0.2, 0) is 32.1 Å².